The van der Waals surface area contributed by atoms with Crippen LogP contribution in [0.1, 0.15) is 32.7 Å². The van der Waals surface area contributed by atoms with Crippen molar-refractivity contribution < 1.29 is 27.5 Å². The average molecular weight is 562 g/mol. The van der Waals surface area contributed by atoms with Crippen molar-refractivity contribution in [2.24, 2.45) is 0 Å². The molecule has 210 valence electrons. The van der Waals surface area contributed by atoms with Gasteiger partial charge in [0.1, 0.15) is 0 Å². The van der Waals surface area contributed by atoms with E-state index in [0.717, 1.165) is 37.3 Å². The number of hydrogen-bond donors (Lipinski definition) is 2. The quantitative estimate of drug-likeness (QED) is 0.272. The number of nitrogens with one attached hydrogen (secondary N) is 2. The maximum absolute atomic E-state index is 13.4. The van der Waals surface area contributed by atoms with Gasteiger partial charge in [0, 0.05) is 54.0 Å². The topological polar surface area (TPSA) is 96.5 Å². The van der Waals surface area contributed by atoms with Crippen molar-refractivity contribution in [1.29, 1.82) is 0 Å². The van der Waals surface area contributed by atoms with Crippen LogP contribution in [0.5, 0.6) is 0 Å². The van der Waals surface area contributed by atoms with E-state index in [2.05, 4.69) is 25.5 Å². The third-order valence-corrected chi connectivity index (χ3v) is 6.79. The lowest BCUT2D eigenvalue weighted by Crippen LogP contribution is -2.26. The number of carbonyl (C=O) groups is 2. The Kier molecular flexibility index (Phi) is 7.86. The minimum Gasteiger partial charge on any atom is -0.465 e. The Bertz CT molecular complexity index is 1530. The second-order valence-corrected chi connectivity index (χ2v) is 9.44. The number of ether oxygens (including phenoxy) is 1. The predicted molar refractivity (Wildman–Crippen MR) is 149 cm³/mol. The Hall–Kier alpha value is -4.93. The summed E-state index contributed by atoms with van der Waals surface area (Å²) in [6.07, 6.45) is -0.226. The maximum Gasteiger partial charge on any atom is 0.416 e. The molecule has 1 aliphatic rings. The average Bonchev–Trinajstić information content (AvgIpc) is 3.45. The van der Waals surface area contributed by atoms with Crippen LogP contribution in [0, 0.1) is 0 Å². The third-order valence-electron chi connectivity index (χ3n) is 6.79. The van der Waals surface area contributed by atoms with Crippen molar-refractivity contribution in [3.63, 3.8) is 0 Å². The van der Waals surface area contributed by atoms with Gasteiger partial charge in [-0.25, -0.2) is 14.8 Å². The van der Waals surface area contributed by atoms with E-state index in [1.807, 2.05) is 12.1 Å². The number of rotatable bonds is 7. The van der Waals surface area contributed by atoms with Gasteiger partial charge in [-0.05, 0) is 66.6 Å². The van der Waals surface area contributed by atoms with Crippen LogP contribution < -0.4 is 15.5 Å². The number of amides is 1. The van der Waals surface area contributed by atoms with Crippen molar-refractivity contribution in [2.75, 3.05) is 35.7 Å². The fourth-order valence-corrected chi connectivity index (χ4v) is 4.78. The molecular weight excluding hydrogens is 535 g/mol. The SMILES string of the molecule is COC(=O)c1cccc(C(=O)Nc2ccc(N3CCC(Nc4ncccn4)C3)cc2)c1-c1ccc(C(F)(F)F)cc1. The number of carbonyl (C=O) groups excluding carboxylic acids is 2. The molecule has 1 aromatic heterocycles. The van der Waals surface area contributed by atoms with E-state index < -0.39 is 23.6 Å². The van der Waals surface area contributed by atoms with Crippen LogP contribution >= 0.6 is 0 Å². The second kappa shape index (κ2) is 11.7. The Morgan fingerprint density at radius 1 is 0.927 bits per heavy atom. The molecule has 1 fully saturated rings. The predicted octanol–water partition coefficient (Wildman–Crippen LogP) is 5.89. The van der Waals surface area contributed by atoms with Gasteiger partial charge in [0.25, 0.3) is 5.91 Å². The maximum atomic E-state index is 13.4. The Morgan fingerprint density at radius 3 is 2.27 bits per heavy atom. The summed E-state index contributed by atoms with van der Waals surface area (Å²) in [5, 5.41) is 6.16. The van der Waals surface area contributed by atoms with Crippen LogP contribution in [0.3, 0.4) is 0 Å². The molecular formula is C30H26F3N5O3. The van der Waals surface area contributed by atoms with Gasteiger partial charge in [0.05, 0.1) is 18.2 Å². The molecule has 1 unspecified atom stereocenters. The number of nitrogens with zero attached hydrogens (tertiary/aromatic N) is 3. The zero-order valence-electron chi connectivity index (χ0n) is 22.0. The highest BCUT2D eigenvalue weighted by molar-refractivity contribution is 6.12. The molecule has 1 atom stereocenters. The Labute approximate surface area is 234 Å². The van der Waals surface area contributed by atoms with Gasteiger partial charge in [-0.15, -0.1) is 0 Å². The highest BCUT2D eigenvalue weighted by atomic mass is 19.4. The van der Waals surface area contributed by atoms with Gasteiger partial charge in [-0.1, -0.05) is 18.2 Å². The first-order valence-corrected chi connectivity index (χ1v) is 12.8. The summed E-state index contributed by atoms with van der Waals surface area (Å²) in [5.41, 5.74) is 1.31. The molecule has 3 aromatic carbocycles. The first-order chi connectivity index (χ1) is 19.7. The monoisotopic (exact) mass is 561 g/mol. The van der Waals surface area contributed by atoms with Gasteiger partial charge in [-0.3, -0.25) is 4.79 Å². The largest absolute Gasteiger partial charge is 0.465 e. The summed E-state index contributed by atoms with van der Waals surface area (Å²) in [6, 6.07) is 18.1. The van der Waals surface area contributed by atoms with E-state index in [1.165, 1.54) is 37.4 Å². The molecule has 1 aliphatic heterocycles. The van der Waals surface area contributed by atoms with Gasteiger partial charge >= 0.3 is 12.1 Å². The van der Waals surface area contributed by atoms with Crippen LogP contribution in [0.25, 0.3) is 11.1 Å². The normalized spacial score (nSPS) is 14.9. The molecule has 0 aliphatic carbocycles. The fourth-order valence-electron chi connectivity index (χ4n) is 4.78. The number of hydrogen-bond acceptors (Lipinski definition) is 7. The van der Waals surface area contributed by atoms with Crippen molar-refractivity contribution in [1.82, 2.24) is 9.97 Å². The first-order valence-electron chi connectivity index (χ1n) is 12.8. The molecule has 8 nitrogen and oxygen atoms in total. The lowest BCUT2D eigenvalue weighted by atomic mass is 9.93. The standard InChI is InChI=1S/C30H26F3N5O3/c1-41-28(40)25-5-2-4-24(26(25)19-6-8-20(9-7-19)30(31,32)33)27(39)36-21-10-12-23(13-11-21)38-17-14-22(18-38)37-29-34-15-3-16-35-29/h2-13,15-16,22H,14,17-18H2,1H3,(H,36,39)(H,34,35,37). The van der Waals surface area contributed by atoms with E-state index in [4.69, 9.17) is 4.74 Å². The molecule has 0 spiro atoms. The van der Waals surface area contributed by atoms with Gasteiger partial charge < -0.3 is 20.3 Å². The number of aromatic nitrogens is 2. The molecule has 0 saturated carbocycles. The lowest BCUT2D eigenvalue weighted by molar-refractivity contribution is -0.137. The fraction of sp³-hybridized carbons (Fsp3) is 0.200. The minimum atomic E-state index is -4.52. The van der Waals surface area contributed by atoms with Crippen LogP contribution in [0.2, 0.25) is 0 Å². The van der Waals surface area contributed by atoms with Gasteiger partial charge in [0.2, 0.25) is 5.95 Å². The van der Waals surface area contributed by atoms with Crippen molar-refractivity contribution >= 4 is 29.2 Å². The summed E-state index contributed by atoms with van der Waals surface area (Å²) in [5.74, 6) is -0.646. The molecule has 11 heteroatoms. The van der Waals surface area contributed by atoms with Crippen LogP contribution in [-0.4, -0.2) is 48.1 Å². The summed E-state index contributed by atoms with van der Waals surface area (Å²) >= 11 is 0. The molecule has 2 heterocycles. The lowest BCUT2D eigenvalue weighted by Gasteiger charge is -2.20. The van der Waals surface area contributed by atoms with E-state index >= 15 is 0 Å². The van der Waals surface area contributed by atoms with E-state index in [-0.39, 0.29) is 28.3 Å². The molecule has 2 N–H and O–H groups in total. The summed E-state index contributed by atoms with van der Waals surface area (Å²) in [4.78, 5) is 36.5. The number of esters is 1. The number of anilines is 3. The number of methoxy groups -OCH3 is 1. The zero-order valence-corrected chi connectivity index (χ0v) is 22.0. The molecule has 0 radical (unpaired) electrons. The third kappa shape index (κ3) is 6.29. The number of alkyl halides is 3. The Balaban J connectivity index is 1.33. The van der Waals surface area contributed by atoms with Crippen molar-refractivity contribution in [2.45, 2.75) is 18.6 Å². The molecule has 0 bridgehead atoms. The van der Waals surface area contributed by atoms with Crippen molar-refractivity contribution in [3.05, 3.63) is 102 Å². The highest BCUT2D eigenvalue weighted by Gasteiger charge is 2.30. The molecule has 5 rings (SSSR count). The smallest absolute Gasteiger partial charge is 0.416 e. The molecule has 1 saturated heterocycles. The number of halogens is 3. The van der Waals surface area contributed by atoms with E-state index in [9.17, 15) is 22.8 Å². The summed E-state index contributed by atoms with van der Waals surface area (Å²) < 4.78 is 44.2. The molecule has 1 amide bonds. The van der Waals surface area contributed by atoms with E-state index in [0.29, 0.717) is 11.6 Å². The zero-order chi connectivity index (χ0) is 29.0. The van der Waals surface area contributed by atoms with Gasteiger partial charge in [0.15, 0.2) is 0 Å². The van der Waals surface area contributed by atoms with Crippen LogP contribution in [0.15, 0.2) is 85.2 Å². The minimum absolute atomic E-state index is 0.0633. The van der Waals surface area contributed by atoms with Crippen LogP contribution in [-0.2, 0) is 10.9 Å². The summed E-state index contributed by atoms with van der Waals surface area (Å²) in [7, 11) is 1.20. The highest BCUT2D eigenvalue weighted by Crippen LogP contribution is 2.34. The van der Waals surface area contributed by atoms with Crippen LogP contribution in [0.4, 0.5) is 30.5 Å². The number of benzene rings is 3. The second-order valence-electron chi connectivity index (χ2n) is 9.44. The molecule has 41 heavy (non-hydrogen) atoms. The molecule has 4 aromatic rings. The Morgan fingerprint density at radius 2 is 1.61 bits per heavy atom. The van der Waals surface area contributed by atoms with Crippen molar-refractivity contribution in [3.8, 4) is 11.1 Å². The first kappa shape index (κ1) is 27.6. The summed E-state index contributed by atoms with van der Waals surface area (Å²) in [6.45, 7) is 1.60. The van der Waals surface area contributed by atoms with Gasteiger partial charge in [-0.2, -0.15) is 13.2 Å². The van der Waals surface area contributed by atoms with E-state index in [1.54, 1.807) is 30.6 Å².